The average molecular weight is 261 g/mol. The maximum absolute atomic E-state index is 12.1. The van der Waals surface area contributed by atoms with E-state index in [1.165, 1.54) is 0 Å². The van der Waals surface area contributed by atoms with E-state index in [0.717, 1.165) is 16.5 Å². The Hall–Kier alpha value is -2.10. The van der Waals surface area contributed by atoms with Gasteiger partial charge >= 0.3 is 6.09 Å². The molecule has 1 aromatic rings. The van der Waals surface area contributed by atoms with Crippen molar-refractivity contribution in [2.45, 2.75) is 33.3 Å². The molecule has 0 atom stereocenters. The van der Waals surface area contributed by atoms with Crippen LogP contribution in [-0.2, 0) is 9.53 Å². The van der Waals surface area contributed by atoms with Crippen molar-refractivity contribution < 1.29 is 14.3 Å². The zero-order valence-corrected chi connectivity index (χ0v) is 11.8. The number of amides is 2. The average Bonchev–Trinajstić information content (AvgIpc) is 2.29. The van der Waals surface area contributed by atoms with Crippen molar-refractivity contribution in [1.82, 2.24) is 0 Å². The maximum Gasteiger partial charge on any atom is 0.422 e. The highest BCUT2D eigenvalue weighted by Crippen LogP contribution is 2.19. The normalized spacial score (nSPS) is 10.7. The summed E-state index contributed by atoms with van der Waals surface area (Å²) in [5.74, 6) is -0.516. The van der Waals surface area contributed by atoms with Gasteiger partial charge in [0, 0.05) is 0 Å². The van der Waals surface area contributed by atoms with Crippen LogP contribution in [-0.4, -0.2) is 17.6 Å². The standard InChI is InChI=1S/C15H19NO3/c1-6-13(17)16(14(18)19-15(3,4)5)12-9-7-11(2)8-10-12/h6-10H,1H2,2-5H3. The van der Waals surface area contributed by atoms with Crippen LogP contribution >= 0.6 is 0 Å². The number of ether oxygens (including phenoxy) is 1. The molecule has 0 radical (unpaired) electrons. The summed E-state index contributed by atoms with van der Waals surface area (Å²) >= 11 is 0. The summed E-state index contributed by atoms with van der Waals surface area (Å²) < 4.78 is 5.23. The first-order valence-electron chi connectivity index (χ1n) is 6.01. The van der Waals surface area contributed by atoms with Crippen LogP contribution in [0.5, 0.6) is 0 Å². The lowest BCUT2D eigenvalue weighted by atomic mass is 10.2. The Morgan fingerprint density at radius 1 is 1.21 bits per heavy atom. The van der Waals surface area contributed by atoms with Gasteiger partial charge in [0.2, 0.25) is 0 Å². The van der Waals surface area contributed by atoms with Crippen LogP contribution in [0.25, 0.3) is 0 Å². The Morgan fingerprint density at radius 3 is 2.16 bits per heavy atom. The summed E-state index contributed by atoms with van der Waals surface area (Å²) in [6.45, 7) is 10.6. The number of carbonyl (C=O) groups is 2. The molecule has 0 fully saturated rings. The molecule has 1 rings (SSSR count). The molecule has 19 heavy (non-hydrogen) atoms. The van der Waals surface area contributed by atoms with E-state index in [4.69, 9.17) is 4.74 Å². The van der Waals surface area contributed by atoms with E-state index in [2.05, 4.69) is 6.58 Å². The molecule has 4 heteroatoms. The second-order valence-corrected chi connectivity index (χ2v) is 5.19. The van der Waals surface area contributed by atoms with Crippen LogP contribution in [0.3, 0.4) is 0 Å². The lowest BCUT2D eigenvalue weighted by Gasteiger charge is -2.25. The van der Waals surface area contributed by atoms with Crippen LogP contribution in [0.4, 0.5) is 10.5 Å². The summed E-state index contributed by atoms with van der Waals surface area (Å²) in [6, 6.07) is 7.04. The molecule has 102 valence electrons. The van der Waals surface area contributed by atoms with E-state index in [0.29, 0.717) is 5.69 Å². The van der Waals surface area contributed by atoms with Crippen LogP contribution in [0.15, 0.2) is 36.9 Å². The third kappa shape index (κ3) is 4.25. The Bertz CT molecular complexity index is 483. The molecule has 0 spiro atoms. The van der Waals surface area contributed by atoms with Crippen molar-refractivity contribution in [2.24, 2.45) is 0 Å². The Kier molecular flexibility index (Phi) is 4.48. The first-order chi connectivity index (χ1) is 8.74. The fourth-order valence-electron chi connectivity index (χ4n) is 1.42. The van der Waals surface area contributed by atoms with Gasteiger partial charge < -0.3 is 4.74 Å². The number of nitrogens with zero attached hydrogens (tertiary/aromatic N) is 1. The third-order valence-corrected chi connectivity index (χ3v) is 2.26. The van der Waals surface area contributed by atoms with Crippen molar-refractivity contribution in [1.29, 1.82) is 0 Å². The molecule has 2 amide bonds. The zero-order chi connectivity index (χ0) is 14.6. The van der Waals surface area contributed by atoms with Crippen LogP contribution in [0, 0.1) is 6.92 Å². The van der Waals surface area contributed by atoms with Gasteiger partial charge in [-0.2, -0.15) is 0 Å². The Labute approximate surface area is 113 Å². The maximum atomic E-state index is 12.1. The first kappa shape index (κ1) is 15.0. The summed E-state index contributed by atoms with van der Waals surface area (Å²) in [4.78, 5) is 24.9. The van der Waals surface area contributed by atoms with Crippen molar-refractivity contribution in [2.75, 3.05) is 4.90 Å². The van der Waals surface area contributed by atoms with Gasteiger partial charge in [-0.15, -0.1) is 0 Å². The minimum absolute atomic E-state index is 0.463. The number of hydrogen-bond donors (Lipinski definition) is 0. The molecular weight excluding hydrogens is 242 g/mol. The minimum Gasteiger partial charge on any atom is -0.443 e. The zero-order valence-electron chi connectivity index (χ0n) is 11.8. The van der Waals surface area contributed by atoms with Crippen molar-refractivity contribution in [3.63, 3.8) is 0 Å². The van der Waals surface area contributed by atoms with E-state index in [1.807, 2.05) is 19.1 Å². The SMILES string of the molecule is C=CC(=O)N(C(=O)OC(C)(C)C)c1ccc(C)cc1. The van der Waals surface area contributed by atoms with Gasteiger partial charge in [0.1, 0.15) is 5.60 Å². The molecular formula is C15H19NO3. The van der Waals surface area contributed by atoms with Gasteiger partial charge in [0.25, 0.3) is 5.91 Å². The van der Waals surface area contributed by atoms with Gasteiger partial charge in [-0.25, -0.2) is 9.69 Å². The smallest absolute Gasteiger partial charge is 0.422 e. The second-order valence-electron chi connectivity index (χ2n) is 5.19. The molecule has 0 aliphatic rings. The Morgan fingerprint density at radius 2 is 1.74 bits per heavy atom. The number of benzene rings is 1. The summed E-state index contributed by atoms with van der Waals surface area (Å²) in [5, 5.41) is 0. The molecule has 0 unspecified atom stereocenters. The lowest BCUT2D eigenvalue weighted by Crippen LogP contribution is -2.40. The van der Waals surface area contributed by atoms with Crippen molar-refractivity contribution in [3.8, 4) is 0 Å². The second kappa shape index (κ2) is 5.69. The predicted molar refractivity (Wildman–Crippen MR) is 75.1 cm³/mol. The van der Waals surface area contributed by atoms with E-state index in [-0.39, 0.29) is 0 Å². The van der Waals surface area contributed by atoms with E-state index >= 15 is 0 Å². The van der Waals surface area contributed by atoms with Crippen LogP contribution in [0.2, 0.25) is 0 Å². The fourth-order valence-corrected chi connectivity index (χ4v) is 1.42. The highest BCUT2D eigenvalue weighted by Gasteiger charge is 2.27. The molecule has 0 aliphatic heterocycles. The molecule has 0 saturated carbocycles. The van der Waals surface area contributed by atoms with Gasteiger partial charge in [-0.1, -0.05) is 24.3 Å². The van der Waals surface area contributed by atoms with Crippen LogP contribution in [0.1, 0.15) is 26.3 Å². The molecule has 0 saturated heterocycles. The number of imide groups is 1. The summed E-state index contributed by atoms with van der Waals surface area (Å²) in [6.07, 6.45) is 0.380. The quantitative estimate of drug-likeness (QED) is 0.766. The number of carbonyl (C=O) groups excluding carboxylic acids is 2. The molecule has 0 N–H and O–H groups in total. The monoisotopic (exact) mass is 261 g/mol. The summed E-state index contributed by atoms with van der Waals surface area (Å²) in [5.41, 5.74) is 0.838. The molecule has 0 heterocycles. The molecule has 1 aromatic carbocycles. The molecule has 0 aliphatic carbocycles. The first-order valence-corrected chi connectivity index (χ1v) is 6.01. The van der Waals surface area contributed by atoms with Gasteiger partial charge in [0.05, 0.1) is 5.69 Å². The molecule has 0 bridgehead atoms. The van der Waals surface area contributed by atoms with Crippen molar-refractivity contribution in [3.05, 3.63) is 42.5 Å². The molecule has 0 aromatic heterocycles. The van der Waals surface area contributed by atoms with Gasteiger partial charge in [-0.05, 0) is 45.9 Å². The van der Waals surface area contributed by atoms with E-state index in [9.17, 15) is 9.59 Å². The highest BCUT2D eigenvalue weighted by atomic mass is 16.6. The lowest BCUT2D eigenvalue weighted by molar-refractivity contribution is -0.114. The molecule has 4 nitrogen and oxygen atoms in total. The third-order valence-electron chi connectivity index (χ3n) is 2.26. The predicted octanol–water partition coefficient (Wildman–Crippen LogP) is 3.45. The van der Waals surface area contributed by atoms with E-state index < -0.39 is 17.6 Å². The number of aryl methyl sites for hydroxylation is 1. The highest BCUT2D eigenvalue weighted by molar-refractivity contribution is 6.16. The van der Waals surface area contributed by atoms with Gasteiger partial charge in [-0.3, -0.25) is 4.79 Å². The number of rotatable bonds is 2. The van der Waals surface area contributed by atoms with Gasteiger partial charge in [0.15, 0.2) is 0 Å². The number of anilines is 1. The number of hydrogen-bond acceptors (Lipinski definition) is 3. The largest absolute Gasteiger partial charge is 0.443 e. The van der Waals surface area contributed by atoms with Crippen molar-refractivity contribution >= 4 is 17.7 Å². The summed E-state index contributed by atoms with van der Waals surface area (Å²) in [7, 11) is 0. The minimum atomic E-state index is -0.707. The van der Waals surface area contributed by atoms with E-state index in [1.54, 1.807) is 32.9 Å². The van der Waals surface area contributed by atoms with Crippen LogP contribution < -0.4 is 4.90 Å². The Balaban J connectivity index is 3.08. The fraction of sp³-hybridized carbons (Fsp3) is 0.333. The topological polar surface area (TPSA) is 46.6 Å².